The Morgan fingerprint density at radius 3 is 2.20 bits per heavy atom. The molecular formula is C25H29N3O7. The lowest BCUT2D eigenvalue weighted by Crippen LogP contribution is -2.43. The summed E-state index contributed by atoms with van der Waals surface area (Å²) in [4.78, 5) is 40.1. The number of carbonyl (C=O) groups excluding carboxylic acids is 1. The van der Waals surface area contributed by atoms with Crippen LogP contribution in [0.4, 0.5) is 5.69 Å². The van der Waals surface area contributed by atoms with Crippen LogP contribution in [0.1, 0.15) is 31.7 Å². The predicted octanol–water partition coefficient (Wildman–Crippen LogP) is 2.95. The third-order valence-corrected chi connectivity index (χ3v) is 6.35. The van der Waals surface area contributed by atoms with Gasteiger partial charge in [-0.25, -0.2) is 4.79 Å². The van der Waals surface area contributed by atoms with Gasteiger partial charge < -0.3 is 24.3 Å². The molecule has 0 atom stereocenters. The fourth-order valence-electron chi connectivity index (χ4n) is 4.58. The van der Waals surface area contributed by atoms with Crippen molar-refractivity contribution < 1.29 is 23.7 Å². The van der Waals surface area contributed by atoms with Crippen LogP contribution in [0.2, 0.25) is 0 Å². The number of nitrogens with one attached hydrogen (secondary N) is 1. The maximum atomic E-state index is 13.6. The first-order valence-electron chi connectivity index (χ1n) is 11.3. The fourth-order valence-corrected chi connectivity index (χ4v) is 4.58. The van der Waals surface area contributed by atoms with Gasteiger partial charge in [-0.3, -0.25) is 18.7 Å². The molecule has 1 aliphatic rings. The Kier molecular flexibility index (Phi) is 6.99. The number of hydrogen-bond acceptors (Lipinski definition) is 7. The molecule has 0 radical (unpaired) electrons. The molecule has 1 N–H and O–H groups in total. The second-order valence-electron chi connectivity index (χ2n) is 8.32. The number of amides is 1. The number of hydrogen-bond donors (Lipinski definition) is 1. The molecule has 10 nitrogen and oxygen atoms in total. The van der Waals surface area contributed by atoms with Gasteiger partial charge in [0, 0.05) is 18.2 Å². The van der Waals surface area contributed by atoms with E-state index in [-0.39, 0.29) is 18.0 Å². The third kappa shape index (κ3) is 4.55. The molecule has 0 aliphatic heterocycles. The largest absolute Gasteiger partial charge is 0.497 e. The molecule has 1 aliphatic carbocycles. The molecule has 10 heteroatoms. The number of fused-ring (bicyclic) bond motifs is 1. The highest BCUT2D eigenvalue weighted by Crippen LogP contribution is 2.32. The van der Waals surface area contributed by atoms with E-state index >= 15 is 0 Å². The zero-order chi connectivity index (χ0) is 25.1. The summed E-state index contributed by atoms with van der Waals surface area (Å²) in [6.45, 7) is -0.313. The summed E-state index contributed by atoms with van der Waals surface area (Å²) in [7, 11) is 5.96. The van der Waals surface area contributed by atoms with Crippen LogP contribution in [-0.2, 0) is 11.3 Å². The quantitative estimate of drug-likeness (QED) is 0.525. The first-order valence-corrected chi connectivity index (χ1v) is 11.3. The van der Waals surface area contributed by atoms with E-state index in [4.69, 9.17) is 18.9 Å². The molecule has 0 bridgehead atoms. The van der Waals surface area contributed by atoms with E-state index in [9.17, 15) is 14.4 Å². The fraction of sp³-hybridized carbons (Fsp3) is 0.400. The van der Waals surface area contributed by atoms with E-state index in [0.717, 1.165) is 25.7 Å². The summed E-state index contributed by atoms with van der Waals surface area (Å²) < 4.78 is 23.9. The average molecular weight is 484 g/mol. The zero-order valence-electron chi connectivity index (χ0n) is 20.3. The number of benzene rings is 2. The Balaban J connectivity index is 1.82. The minimum atomic E-state index is -0.529. The standard InChI is InChI=1S/C25H29N3O7/c1-32-16-9-10-18(20(11-16)33-2)26-23(29)14-27-19-13-22(35-4)21(34-3)12-17(19)24(30)28(25(27)31)15-7-5-6-8-15/h9-13,15H,5-8,14H2,1-4H3,(H,26,29). The first-order chi connectivity index (χ1) is 16.9. The van der Waals surface area contributed by atoms with Gasteiger partial charge in [0.05, 0.1) is 45.0 Å². The van der Waals surface area contributed by atoms with Gasteiger partial charge in [0.15, 0.2) is 11.5 Å². The Morgan fingerprint density at radius 1 is 0.914 bits per heavy atom. The van der Waals surface area contributed by atoms with Gasteiger partial charge >= 0.3 is 5.69 Å². The Morgan fingerprint density at radius 2 is 1.57 bits per heavy atom. The Hall–Kier alpha value is -3.95. The van der Waals surface area contributed by atoms with E-state index in [1.807, 2.05) is 0 Å². The molecule has 1 aromatic heterocycles. The van der Waals surface area contributed by atoms with Gasteiger partial charge in [0.25, 0.3) is 5.56 Å². The maximum Gasteiger partial charge on any atom is 0.332 e. The highest BCUT2D eigenvalue weighted by atomic mass is 16.5. The third-order valence-electron chi connectivity index (χ3n) is 6.35. The van der Waals surface area contributed by atoms with E-state index in [1.54, 1.807) is 30.3 Å². The Bertz CT molecular complexity index is 1370. The first kappa shape index (κ1) is 24.2. The normalized spacial score (nSPS) is 13.6. The lowest BCUT2D eigenvalue weighted by molar-refractivity contribution is -0.116. The number of anilines is 1. The van der Waals surface area contributed by atoms with Crippen molar-refractivity contribution in [2.24, 2.45) is 0 Å². The minimum absolute atomic E-state index is 0.205. The molecule has 0 spiro atoms. The van der Waals surface area contributed by atoms with Crippen molar-refractivity contribution in [2.45, 2.75) is 38.3 Å². The summed E-state index contributed by atoms with van der Waals surface area (Å²) in [6, 6.07) is 7.90. The van der Waals surface area contributed by atoms with Gasteiger partial charge in [-0.2, -0.15) is 0 Å². The summed E-state index contributed by atoms with van der Waals surface area (Å²) in [5, 5.41) is 3.07. The molecule has 4 rings (SSSR count). The van der Waals surface area contributed by atoms with Crippen LogP contribution in [0.15, 0.2) is 39.9 Å². The van der Waals surface area contributed by atoms with Crippen LogP contribution in [-0.4, -0.2) is 43.5 Å². The van der Waals surface area contributed by atoms with E-state index in [2.05, 4.69) is 5.32 Å². The smallest absolute Gasteiger partial charge is 0.332 e. The second kappa shape index (κ2) is 10.1. The molecule has 1 fully saturated rings. The zero-order valence-corrected chi connectivity index (χ0v) is 20.3. The SMILES string of the molecule is COc1ccc(NC(=O)Cn2c(=O)n(C3CCCC3)c(=O)c3cc(OC)c(OC)cc32)c(OC)c1. The molecule has 0 unspecified atom stereocenters. The molecule has 1 heterocycles. The van der Waals surface area contributed by atoms with Crippen molar-refractivity contribution in [3.63, 3.8) is 0 Å². The van der Waals surface area contributed by atoms with Crippen molar-refractivity contribution in [3.05, 3.63) is 51.2 Å². The molecular weight excluding hydrogens is 454 g/mol. The molecule has 186 valence electrons. The number of ether oxygens (including phenoxy) is 4. The lowest BCUT2D eigenvalue weighted by Gasteiger charge is -2.19. The van der Waals surface area contributed by atoms with Crippen LogP contribution in [0.3, 0.4) is 0 Å². The van der Waals surface area contributed by atoms with Crippen molar-refractivity contribution in [1.82, 2.24) is 9.13 Å². The maximum absolute atomic E-state index is 13.6. The Labute approximate surface area is 202 Å². The van der Waals surface area contributed by atoms with Gasteiger partial charge in [0.2, 0.25) is 5.91 Å². The van der Waals surface area contributed by atoms with Gasteiger partial charge in [-0.05, 0) is 31.0 Å². The molecule has 3 aromatic rings. The van der Waals surface area contributed by atoms with Crippen LogP contribution in [0.5, 0.6) is 23.0 Å². The second-order valence-corrected chi connectivity index (χ2v) is 8.32. The van der Waals surface area contributed by atoms with Crippen molar-refractivity contribution in [2.75, 3.05) is 33.8 Å². The van der Waals surface area contributed by atoms with E-state index in [1.165, 1.54) is 37.6 Å². The van der Waals surface area contributed by atoms with Crippen LogP contribution >= 0.6 is 0 Å². The van der Waals surface area contributed by atoms with Crippen molar-refractivity contribution in [3.8, 4) is 23.0 Å². The molecule has 35 heavy (non-hydrogen) atoms. The average Bonchev–Trinajstić information content (AvgIpc) is 3.40. The monoisotopic (exact) mass is 483 g/mol. The number of rotatable bonds is 8. The van der Waals surface area contributed by atoms with E-state index in [0.29, 0.717) is 34.2 Å². The molecule has 0 saturated heterocycles. The van der Waals surface area contributed by atoms with Crippen LogP contribution < -0.4 is 35.5 Å². The summed E-state index contributed by atoms with van der Waals surface area (Å²) in [5.74, 6) is 1.25. The highest BCUT2D eigenvalue weighted by Gasteiger charge is 2.25. The van der Waals surface area contributed by atoms with Crippen LogP contribution in [0.25, 0.3) is 10.9 Å². The van der Waals surface area contributed by atoms with Gasteiger partial charge in [0.1, 0.15) is 18.0 Å². The van der Waals surface area contributed by atoms with Crippen molar-refractivity contribution >= 4 is 22.5 Å². The summed E-state index contributed by atoms with van der Waals surface area (Å²) >= 11 is 0. The molecule has 1 amide bonds. The highest BCUT2D eigenvalue weighted by molar-refractivity contribution is 5.93. The number of aromatic nitrogens is 2. The van der Waals surface area contributed by atoms with E-state index < -0.39 is 17.2 Å². The topological polar surface area (TPSA) is 110 Å². The lowest BCUT2D eigenvalue weighted by atomic mass is 10.2. The number of carbonyl (C=O) groups is 1. The number of nitrogens with zero attached hydrogens (tertiary/aromatic N) is 2. The summed E-state index contributed by atoms with van der Waals surface area (Å²) in [5.41, 5.74) is -0.201. The molecule has 2 aromatic carbocycles. The van der Waals surface area contributed by atoms with Gasteiger partial charge in [-0.1, -0.05) is 12.8 Å². The van der Waals surface area contributed by atoms with Crippen LogP contribution in [0, 0.1) is 0 Å². The number of methoxy groups -OCH3 is 4. The predicted molar refractivity (Wildman–Crippen MR) is 131 cm³/mol. The summed E-state index contributed by atoms with van der Waals surface area (Å²) in [6.07, 6.45) is 3.36. The van der Waals surface area contributed by atoms with Crippen molar-refractivity contribution in [1.29, 1.82) is 0 Å². The molecule has 1 saturated carbocycles. The van der Waals surface area contributed by atoms with Gasteiger partial charge in [-0.15, -0.1) is 0 Å². The minimum Gasteiger partial charge on any atom is -0.497 e.